The number of nitrogens with zero attached hydrogens (tertiary/aromatic N) is 2. The number of ketones is 1. The van der Waals surface area contributed by atoms with Gasteiger partial charge in [0.1, 0.15) is 0 Å². The summed E-state index contributed by atoms with van der Waals surface area (Å²) in [5.41, 5.74) is 1.93. The summed E-state index contributed by atoms with van der Waals surface area (Å²) in [6, 6.07) is 13.6. The second-order valence-corrected chi connectivity index (χ2v) is 6.39. The number of benzene rings is 1. The number of carbonyl (C=O) groups excluding carboxylic acids is 1. The molecule has 6 heteroatoms. The van der Waals surface area contributed by atoms with Gasteiger partial charge in [0.15, 0.2) is 12.2 Å². The number of Topliss-reactive ketones (excluding diaryl/α,β-unsaturated/α-hetero) is 1. The fraction of sp³-hybridized carbons (Fsp3) is 0.0625. The second kappa shape index (κ2) is 7.76. The summed E-state index contributed by atoms with van der Waals surface area (Å²) in [4.78, 5) is 17.2. The van der Waals surface area contributed by atoms with Gasteiger partial charge in [-0.2, -0.15) is 0 Å². The lowest BCUT2D eigenvalue weighted by atomic mass is 10.1. The van der Waals surface area contributed by atoms with Gasteiger partial charge in [-0.1, -0.05) is 34.1 Å². The highest BCUT2D eigenvalue weighted by Gasteiger charge is 2.12. The molecule has 0 amide bonds. The van der Waals surface area contributed by atoms with Gasteiger partial charge in [0, 0.05) is 16.1 Å². The molecule has 0 fully saturated rings. The summed E-state index contributed by atoms with van der Waals surface area (Å²) in [5, 5.41) is 1.91. The molecule has 0 spiro atoms. The molecule has 0 radical (unpaired) electrons. The van der Waals surface area contributed by atoms with Crippen molar-refractivity contribution in [2.24, 2.45) is 0 Å². The molecule has 1 aromatic carbocycles. The van der Waals surface area contributed by atoms with Crippen molar-refractivity contribution in [3.05, 3.63) is 69.7 Å². The summed E-state index contributed by atoms with van der Waals surface area (Å²) < 4.78 is 2.81. The number of aromatic nitrogens is 2. The molecule has 0 saturated heterocycles. The van der Waals surface area contributed by atoms with Crippen LogP contribution >= 0.6 is 27.3 Å². The van der Waals surface area contributed by atoms with Crippen molar-refractivity contribution in [3.8, 4) is 11.3 Å². The van der Waals surface area contributed by atoms with Crippen LogP contribution in [0, 0.1) is 0 Å². The maximum atomic E-state index is 12.0. The van der Waals surface area contributed by atoms with Crippen LogP contribution in [0.25, 0.3) is 11.3 Å². The van der Waals surface area contributed by atoms with Gasteiger partial charge in [0.05, 0.1) is 11.1 Å². The van der Waals surface area contributed by atoms with Crippen LogP contribution in [-0.4, -0.2) is 10.8 Å². The number of thiophene rings is 1. The Hall–Kier alpha value is -1.37. The van der Waals surface area contributed by atoms with Crippen molar-refractivity contribution in [1.82, 2.24) is 4.98 Å². The highest BCUT2D eigenvalue weighted by molar-refractivity contribution is 9.10. The first-order valence-corrected chi connectivity index (χ1v) is 8.07. The molecule has 0 N–H and O–H groups in total. The van der Waals surface area contributed by atoms with E-state index in [1.165, 1.54) is 11.3 Å². The minimum atomic E-state index is 0. The molecule has 0 bridgehead atoms. The Kier molecular flexibility index (Phi) is 5.99. The minimum Gasteiger partial charge on any atom is -1.00 e. The summed E-state index contributed by atoms with van der Waals surface area (Å²) in [6.07, 6.45) is 3.58. The summed E-state index contributed by atoms with van der Waals surface area (Å²) in [5.74, 6) is 0.104. The normalized spacial score (nSPS) is 10.0. The molecule has 22 heavy (non-hydrogen) atoms. The zero-order valence-electron chi connectivity index (χ0n) is 11.4. The fourth-order valence-electron chi connectivity index (χ4n) is 1.98. The third kappa shape index (κ3) is 4.09. The number of halogens is 2. The van der Waals surface area contributed by atoms with E-state index < -0.39 is 0 Å². The van der Waals surface area contributed by atoms with Crippen LogP contribution in [0.4, 0.5) is 0 Å². The van der Waals surface area contributed by atoms with E-state index in [2.05, 4.69) is 20.9 Å². The van der Waals surface area contributed by atoms with Gasteiger partial charge in [-0.25, -0.2) is 4.57 Å². The van der Waals surface area contributed by atoms with E-state index in [1.54, 1.807) is 10.9 Å². The van der Waals surface area contributed by atoms with E-state index in [-0.39, 0.29) is 22.8 Å². The smallest absolute Gasteiger partial charge is 0.287 e. The number of hydrogen-bond donors (Lipinski definition) is 0. The lowest BCUT2D eigenvalue weighted by molar-refractivity contribution is -0.686. The van der Waals surface area contributed by atoms with Crippen LogP contribution in [0.15, 0.2) is 64.8 Å². The van der Waals surface area contributed by atoms with Crippen molar-refractivity contribution in [3.63, 3.8) is 0 Å². The minimum absolute atomic E-state index is 0. The van der Waals surface area contributed by atoms with Crippen LogP contribution in [-0.2, 0) is 6.54 Å². The Bertz CT molecular complexity index is 758. The molecular formula is C16H12Br2N2OS. The van der Waals surface area contributed by atoms with Crippen LogP contribution in [0.5, 0.6) is 0 Å². The Morgan fingerprint density at radius 2 is 2.09 bits per heavy atom. The molecule has 2 aromatic heterocycles. The van der Waals surface area contributed by atoms with Crippen LogP contribution in [0.2, 0.25) is 0 Å². The monoisotopic (exact) mass is 438 g/mol. The zero-order valence-corrected chi connectivity index (χ0v) is 15.4. The van der Waals surface area contributed by atoms with Gasteiger partial charge in [-0.15, -0.1) is 11.3 Å². The molecule has 0 aliphatic heterocycles. The third-order valence-electron chi connectivity index (χ3n) is 3.01. The zero-order chi connectivity index (χ0) is 14.7. The van der Waals surface area contributed by atoms with Crippen molar-refractivity contribution >= 4 is 33.0 Å². The van der Waals surface area contributed by atoms with E-state index in [4.69, 9.17) is 0 Å². The number of carbonyl (C=O) groups is 1. The van der Waals surface area contributed by atoms with E-state index >= 15 is 0 Å². The third-order valence-corrected chi connectivity index (χ3v) is 4.42. The van der Waals surface area contributed by atoms with Crippen molar-refractivity contribution in [2.45, 2.75) is 6.54 Å². The Morgan fingerprint density at radius 3 is 2.73 bits per heavy atom. The van der Waals surface area contributed by atoms with Gasteiger partial charge in [-0.05, 0) is 28.6 Å². The maximum Gasteiger partial charge on any atom is 0.287 e. The summed E-state index contributed by atoms with van der Waals surface area (Å²) in [6.45, 7) is 0.312. The molecule has 112 valence electrons. The lowest BCUT2D eigenvalue weighted by Gasteiger charge is -1.99. The first-order chi connectivity index (χ1) is 10.2. The first-order valence-electron chi connectivity index (χ1n) is 6.40. The fourth-order valence-corrected chi connectivity index (χ4v) is 3.03. The molecule has 3 nitrogen and oxygen atoms in total. The lowest BCUT2D eigenvalue weighted by Crippen LogP contribution is -3.00. The van der Waals surface area contributed by atoms with Crippen molar-refractivity contribution < 1.29 is 26.3 Å². The van der Waals surface area contributed by atoms with E-state index in [0.717, 1.165) is 20.6 Å². The molecule has 0 aliphatic rings. The molecular weight excluding hydrogens is 428 g/mol. The standard InChI is InChI=1S/C16H12BrN2OS.BrH/c17-13-4-1-3-12(9-13)14-6-7-19(11-18-14)10-15(20)16-5-2-8-21-16;/h1-9,11H,10H2;1H/q+1;/p-1. The summed E-state index contributed by atoms with van der Waals surface area (Å²) >= 11 is 4.92. The molecule has 0 aliphatic carbocycles. The number of hydrogen-bond acceptors (Lipinski definition) is 3. The predicted molar refractivity (Wildman–Crippen MR) is 86.2 cm³/mol. The predicted octanol–water partition coefficient (Wildman–Crippen LogP) is 0.747. The van der Waals surface area contributed by atoms with E-state index in [0.29, 0.717) is 6.54 Å². The Balaban J connectivity index is 0.00000176. The second-order valence-electron chi connectivity index (χ2n) is 4.53. The maximum absolute atomic E-state index is 12.0. The van der Waals surface area contributed by atoms with Gasteiger partial charge < -0.3 is 17.0 Å². The molecule has 0 atom stereocenters. The Morgan fingerprint density at radius 1 is 1.23 bits per heavy atom. The SMILES string of the molecule is O=C(C[n+]1ccc(-c2cccc(Br)c2)nc1)c1cccs1.[Br-]. The van der Waals surface area contributed by atoms with Gasteiger partial charge >= 0.3 is 0 Å². The molecule has 0 saturated carbocycles. The van der Waals surface area contributed by atoms with E-state index in [9.17, 15) is 4.79 Å². The topological polar surface area (TPSA) is 33.8 Å². The highest BCUT2D eigenvalue weighted by atomic mass is 79.9. The average Bonchev–Trinajstić information content (AvgIpc) is 3.02. The van der Waals surface area contributed by atoms with Crippen LogP contribution in [0.1, 0.15) is 9.67 Å². The largest absolute Gasteiger partial charge is 1.00 e. The molecule has 3 aromatic rings. The Labute approximate surface area is 151 Å². The van der Waals surface area contributed by atoms with Crippen molar-refractivity contribution in [1.29, 1.82) is 0 Å². The van der Waals surface area contributed by atoms with Gasteiger partial charge in [0.25, 0.3) is 6.33 Å². The molecule has 2 heterocycles. The summed E-state index contributed by atoms with van der Waals surface area (Å²) in [7, 11) is 0. The molecule has 3 rings (SSSR count). The molecule has 0 unspecified atom stereocenters. The van der Waals surface area contributed by atoms with Gasteiger partial charge in [0.2, 0.25) is 5.78 Å². The average molecular weight is 440 g/mol. The quantitative estimate of drug-likeness (QED) is 0.444. The van der Waals surface area contributed by atoms with Gasteiger partial charge in [-0.3, -0.25) is 4.79 Å². The first kappa shape index (κ1) is 17.0. The van der Waals surface area contributed by atoms with Crippen molar-refractivity contribution in [2.75, 3.05) is 0 Å². The highest BCUT2D eigenvalue weighted by Crippen LogP contribution is 2.20. The number of rotatable bonds is 4. The van der Waals surface area contributed by atoms with Crippen LogP contribution < -0.4 is 21.5 Å². The van der Waals surface area contributed by atoms with E-state index in [1.807, 2.05) is 54.0 Å². The van der Waals surface area contributed by atoms with Crippen LogP contribution in [0.3, 0.4) is 0 Å².